The fourth-order valence-corrected chi connectivity index (χ4v) is 4.44. The second-order valence-electron chi connectivity index (χ2n) is 8.07. The molecule has 1 atom stereocenters. The van der Waals surface area contributed by atoms with E-state index in [9.17, 15) is 4.79 Å². The van der Waals surface area contributed by atoms with Gasteiger partial charge in [0.1, 0.15) is 23.8 Å². The Bertz CT molecular complexity index is 1050. The summed E-state index contributed by atoms with van der Waals surface area (Å²) in [4.78, 5) is 19.3. The first-order valence-electron chi connectivity index (χ1n) is 10.3. The molecule has 2 aliphatic heterocycles. The summed E-state index contributed by atoms with van der Waals surface area (Å²) in [5.41, 5.74) is 2.87. The van der Waals surface area contributed by atoms with Crippen molar-refractivity contribution in [3.63, 3.8) is 0 Å². The number of imidazole rings is 1. The van der Waals surface area contributed by atoms with Gasteiger partial charge < -0.3 is 18.9 Å². The second-order valence-corrected chi connectivity index (χ2v) is 8.07. The van der Waals surface area contributed by atoms with Crippen molar-refractivity contribution in [2.75, 3.05) is 20.2 Å². The monoisotopic (exact) mass is 403 g/mol. The van der Waals surface area contributed by atoms with Crippen LogP contribution < -0.4 is 4.74 Å². The molecule has 5 rings (SSSR count). The molecule has 1 spiro atoms. The molecule has 1 saturated heterocycles. The predicted molar refractivity (Wildman–Crippen MR) is 113 cm³/mol. The highest BCUT2D eigenvalue weighted by Gasteiger charge is 2.44. The van der Waals surface area contributed by atoms with Crippen LogP contribution in [0.5, 0.6) is 5.75 Å². The molecular formula is C24H25N3O3. The maximum atomic E-state index is 12.8. The number of hydrogen-bond acceptors (Lipinski definition) is 4. The quantitative estimate of drug-likeness (QED) is 0.671. The summed E-state index contributed by atoms with van der Waals surface area (Å²) in [5.74, 6) is 1.93. The van der Waals surface area contributed by atoms with Gasteiger partial charge in [0, 0.05) is 12.1 Å². The molecule has 0 saturated carbocycles. The van der Waals surface area contributed by atoms with Gasteiger partial charge in [-0.3, -0.25) is 4.79 Å². The normalized spacial score (nSPS) is 20.4. The molecular weight excluding hydrogens is 378 g/mol. The molecule has 6 nitrogen and oxygen atoms in total. The van der Waals surface area contributed by atoms with Crippen LogP contribution in [0.15, 0.2) is 60.8 Å². The number of carbonyl (C=O) groups is 1. The lowest BCUT2D eigenvalue weighted by Crippen LogP contribution is -2.45. The topological polar surface area (TPSA) is 56.6 Å². The molecule has 0 unspecified atom stereocenters. The number of ether oxygens (including phenoxy) is 2. The Labute approximate surface area is 176 Å². The Morgan fingerprint density at radius 2 is 1.93 bits per heavy atom. The van der Waals surface area contributed by atoms with Crippen LogP contribution in [-0.2, 0) is 29.1 Å². The lowest BCUT2D eigenvalue weighted by molar-refractivity contribution is -0.132. The standard InChI is InChI=1S/C24H25N3O3/c1-29-20-9-7-19(8-10-20)21-14-25-22-15-30-24(17-27(21)22)11-12-26(16-24)23(28)13-18-5-3-2-4-6-18/h2-10,14H,11-13,15-17H2,1H3/t24-/m1/s1. The number of carbonyl (C=O) groups excluding carboxylic acids is 1. The van der Waals surface area contributed by atoms with Crippen molar-refractivity contribution in [3.05, 3.63) is 72.2 Å². The molecule has 0 aliphatic carbocycles. The van der Waals surface area contributed by atoms with Crippen molar-refractivity contribution in [3.8, 4) is 17.0 Å². The molecule has 0 N–H and O–H groups in total. The van der Waals surface area contributed by atoms with E-state index in [1.165, 1.54) is 0 Å². The Hall–Kier alpha value is -3.12. The zero-order valence-electron chi connectivity index (χ0n) is 17.1. The summed E-state index contributed by atoms with van der Waals surface area (Å²) >= 11 is 0. The fraction of sp³-hybridized carbons (Fsp3) is 0.333. The van der Waals surface area contributed by atoms with E-state index in [-0.39, 0.29) is 11.5 Å². The molecule has 3 heterocycles. The summed E-state index contributed by atoms with van der Waals surface area (Å²) in [6.45, 7) is 2.53. The number of benzene rings is 2. The van der Waals surface area contributed by atoms with Gasteiger partial charge in [-0.2, -0.15) is 0 Å². The zero-order chi connectivity index (χ0) is 20.6. The predicted octanol–water partition coefficient (Wildman–Crippen LogP) is 3.30. The lowest BCUT2D eigenvalue weighted by atomic mass is 10.0. The fourth-order valence-electron chi connectivity index (χ4n) is 4.44. The second kappa shape index (κ2) is 7.61. The van der Waals surface area contributed by atoms with Gasteiger partial charge >= 0.3 is 0 Å². The molecule has 1 aromatic heterocycles. The minimum Gasteiger partial charge on any atom is -0.497 e. The summed E-state index contributed by atoms with van der Waals surface area (Å²) in [7, 11) is 1.67. The molecule has 6 heteroatoms. The van der Waals surface area contributed by atoms with Crippen LogP contribution in [0, 0.1) is 0 Å². The number of likely N-dealkylation sites (tertiary alicyclic amines) is 1. The van der Waals surface area contributed by atoms with E-state index in [4.69, 9.17) is 9.47 Å². The molecule has 154 valence electrons. The van der Waals surface area contributed by atoms with Crippen LogP contribution in [0.4, 0.5) is 0 Å². The van der Waals surface area contributed by atoms with E-state index in [2.05, 4.69) is 21.7 Å². The van der Waals surface area contributed by atoms with E-state index < -0.39 is 0 Å². The molecule has 2 aromatic carbocycles. The zero-order valence-corrected chi connectivity index (χ0v) is 17.1. The number of aromatic nitrogens is 2. The summed E-state index contributed by atoms with van der Waals surface area (Å²) in [6.07, 6.45) is 3.18. The van der Waals surface area contributed by atoms with E-state index >= 15 is 0 Å². The van der Waals surface area contributed by atoms with Crippen LogP contribution in [0.25, 0.3) is 11.3 Å². The van der Waals surface area contributed by atoms with E-state index in [1.807, 2.05) is 53.6 Å². The van der Waals surface area contributed by atoms with Crippen molar-refractivity contribution in [2.24, 2.45) is 0 Å². The Morgan fingerprint density at radius 3 is 2.70 bits per heavy atom. The largest absolute Gasteiger partial charge is 0.497 e. The van der Waals surface area contributed by atoms with Gasteiger partial charge in [-0.15, -0.1) is 0 Å². The van der Waals surface area contributed by atoms with Gasteiger partial charge in [0.15, 0.2) is 0 Å². The maximum Gasteiger partial charge on any atom is 0.227 e. The highest BCUT2D eigenvalue weighted by molar-refractivity contribution is 5.79. The highest BCUT2D eigenvalue weighted by atomic mass is 16.5. The van der Waals surface area contributed by atoms with Crippen molar-refractivity contribution in [1.82, 2.24) is 14.5 Å². The Morgan fingerprint density at radius 1 is 1.13 bits per heavy atom. The van der Waals surface area contributed by atoms with Crippen LogP contribution in [-0.4, -0.2) is 46.2 Å². The van der Waals surface area contributed by atoms with Crippen LogP contribution in [0.2, 0.25) is 0 Å². The SMILES string of the molecule is COc1ccc(-c2cnc3n2C[C@]2(CCN(C(=O)Cc4ccccc4)C2)OC3)cc1. The number of nitrogens with zero attached hydrogens (tertiary/aromatic N) is 3. The third-order valence-corrected chi connectivity index (χ3v) is 6.14. The molecule has 30 heavy (non-hydrogen) atoms. The van der Waals surface area contributed by atoms with Crippen molar-refractivity contribution >= 4 is 5.91 Å². The summed E-state index contributed by atoms with van der Waals surface area (Å²) < 4.78 is 13.8. The number of rotatable bonds is 4. The van der Waals surface area contributed by atoms with Gasteiger partial charge in [0.05, 0.1) is 38.5 Å². The van der Waals surface area contributed by atoms with Crippen LogP contribution >= 0.6 is 0 Å². The minimum absolute atomic E-state index is 0.161. The number of fused-ring (bicyclic) bond motifs is 1. The Kier molecular flexibility index (Phi) is 4.79. The first-order chi connectivity index (χ1) is 14.7. The number of hydrogen-bond donors (Lipinski definition) is 0. The molecule has 0 radical (unpaired) electrons. The molecule has 2 aliphatic rings. The van der Waals surface area contributed by atoms with Crippen molar-refractivity contribution in [2.45, 2.75) is 31.6 Å². The van der Waals surface area contributed by atoms with Gasteiger partial charge in [-0.25, -0.2) is 4.98 Å². The van der Waals surface area contributed by atoms with Gasteiger partial charge in [0.25, 0.3) is 0 Å². The molecule has 1 amide bonds. The van der Waals surface area contributed by atoms with E-state index in [0.29, 0.717) is 26.1 Å². The first kappa shape index (κ1) is 18.9. The van der Waals surface area contributed by atoms with Crippen molar-refractivity contribution < 1.29 is 14.3 Å². The first-order valence-corrected chi connectivity index (χ1v) is 10.3. The Balaban J connectivity index is 1.33. The third kappa shape index (κ3) is 3.48. The maximum absolute atomic E-state index is 12.8. The van der Waals surface area contributed by atoms with E-state index in [1.54, 1.807) is 7.11 Å². The van der Waals surface area contributed by atoms with E-state index in [0.717, 1.165) is 41.4 Å². The van der Waals surface area contributed by atoms with Gasteiger partial charge in [0.2, 0.25) is 5.91 Å². The highest BCUT2D eigenvalue weighted by Crippen LogP contribution is 2.35. The van der Waals surface area contributed by atoms with Gasteiger partial charge in [-0.05, 0) is 36.2 Å². The van der Waals surface area contributed by atoms with Crippen molar-refractivity contribution in [1.29, 1.82) is 0 Å². The molecule has 0 bridgehead atoms. The summed E-state index contributed by atoms with van der Waals surface area (Å²) in [6, 6.07) is 17.9. The third-order valence-electron chi connectivity index (χ3n) is 6.14. The molecule has 3 aromatic rings. The van der Waals surface area contributed by atoms with Gasteiger partial charge in [-0.1, -0.05) is 30.3 Å². The summed E-state index contributed by atoms with van der Waals surface area (Å²) in [5, 5.41) is 0. The number of methoxy groups -OCH3 is 1. The lowest BCUT2D eigenvalue weighted by Gasteiger charge is -2.35. The average Bonchev–Trinajstić information content (AvgIpc) is 3.39. The average molecular weight is 403 g/mol. The number of amides is 1. The molecule has 1 fully saturated rings. The smallest absolute Gasteiger partial charge is 0.227 e. The van der Waals surface area contributed by atoms with Crippen LogP contribution in [0.3, 0.4) is 0 Å². The minimum atomic E-state index is -0.346. The van der Waals surface area contributed by atoms with Crippen LogP contribution in [0.1, 0.15) is 17.8 Å².